The number of para-hydroxylation sites is 1. The smallest absolute Gasteiger partial charge is 0.358 e. The van der Waals surface area contributed by atoms with Gasteiger partial charge in [0, 0.05) is 11.4 Å². The fraction of sp³-hybridized carbons (Fsp3) is 0.421. The van der Waals surface area contributed by atoms with Crippen molar-refractivity contribution in [1.29, 1.82) is 0 Å². The standard InChI is InChI=1S/C19H22N2O9S5/c1-10(29-34(4,24)25)16(19(23)28-3)21-9-14(18(21)22)33-32-13-8-6-7-12-15(13)20-17(31-12)11(2)30-35(5,26)27/h6-8,11,14H,9H2,1-5H3/t11-,14+/m1/s1. The SMILES string of the molecule is COC(=O)C(=C(C)OS(C)(=O)=O)N1C[C@H](SSc2cccc3sc([C@@H](C)OS(C)(=O)=O)nc23)C1=O. The van der Waals surface area contributed by atoms with E-state index in [1.165, 1.54) is 39.8 Å². The van der Waals surface area contributed by atoms with Crippen molar-refractivity contribution in [3.63, 3.8) is 0 Å². The maximum absolute atomic E-state index is 12.8. The van der Waals surface area contributed by atoms with E-state index in [9.17, 15) is 26.4 Å². The van der Waals surface area contributed by atoms with Crippen molar-refractivity contribution in [2.24, 2.45) is 0 Å². The number of allylic oxidation sites excluding steroid dienone is 1. The van der Waals surface area contributed by atoms with Gasteiger partial charge < -0.3 is 13.8 Å². The minimum absolute atomic E-state index is 0.142. The average Bonchev–Trinajstić information content (AvgIpc) is 3.17. The second-order valence-corrected chi connectivity index (χ2v) is 14.1. The molecule has 1 aromatic carbocycles. The number of benzene rings is 1. The molecule has 11 nitrogen and oxygen atoms in total. The number of carbonyl (C=O) groups is 2. The molecule has 0 spiro atoms. The lowest BCUT2D eigenvalue weighted by Crippen LogP contribution is -2.55. The number of likely N-dealkylation sites (tertiary alicyclic amines) is 1. The number of β-lactam (4-membered cyclic amide) rings is 1. The molecule has 1 fully saturated rings. The first-order valence-corrected chi connectivity index (χ1v) is 16.5. The molecule has 2 heterocycles. The quantitative estimate of drug-likeness (QED) is 0.101. The monoisotopic (exact) mass is 582 g/mol. The van der Waals surface area contributed by atoms with Crippen LogP contribution in [0.3, 0.4) is 0 Å². The summed E-state index contributed by atoms with van der Waals surface area (Å²) in [6.07, 6.45) is 1.07. The first-order chi connectivity index (χ1) is 16.2. The van der Waals surface area contributed by atoms with Crippen molar-refractivity contribution in [3.8, 4) is 0 Å². The summed E-state index contributed by atoms with van der Waals surface area (Å²) in [4.78, 5) is 31.4. The van der Waals surface area contributed by atoms with Crippen molar-refractivity contribution in [2.75, 3.05) is 26.2 Å². The highest BCUT2D eigenvalue weighted by Crippen LogP contribution is 2.43. The van der Waals surface area contributed by atoms with Crippen LogP contribution in [0, 0.1) is 0 Å². The zero-order valence-electron chi connectivity index (χ0n) is 19.2. The Balaban J connectivity index is 1.73. The molecule has 0 unspecified atom stereocenters. The third-order valence-electron chi connectivity index (χ3n) is 4.47. The topological polar surface area (TPSA) is 146 Å². The van der Waals surface area contributed by atoms with Gasteiger partial charge in [0.1, 0.15) is 22.1 Å². The molecule has 16 heteroatoms. The summed E-state index contributed by atoms with van der Waals surface area (Å²) in [6.45, 7) is 3.01. The second kappa shape index (κ2) is 10.6. The molecule has 2 aromatic rings. The Morgan fingerprint density at radius 1 is 1.23 bits per heavy atom. The summed E-state index contributed by atoms with van der Waals surface area (Å²) in [5, 5.41) is -0.00452. The van der Waals surface area contributed by atoms with E-state index in [4.69, 9.17) is 8.37 Å². The largest absolute Gasteiger partial charge is 0.464 e. The molecule has 2 atom stereocenters. The molecule has 0 radical (unpaired) electrons. The Labute approximate surface area is 214 Å². The summed E-state index contributed by atoms with van der Waals surface area (Å²) in [7, 11) is -3.85. The van der Waals surface area contributed by atoms with E-state index in [2.05, 4.69) is 9.72 Å². The van der Waals surface area contributed by atoms with Gasteiger partial charge in [-0.15, -0.1) is 11.3 Å². The Kier molecular flexibility index (Phi) is 8.43. The van der Waals surface area contributed by atoms with Crippen LogP contribution in [0.5, 0.6) is 0 Å². The first-order valence-electron chi connectivity index (χ1n) is 9.81. The van der Waals surface area contributed by atoms with Gasteiger partial charge in [0.05, 0.1) is 29.8 Å². The number of amides is 1. The van der Waals surface area contributed by atoms with Crippen LogP contribution in [-0.4, -0.2) is 70.0 Å². The molecule has 192 valence electrons. The molecule has 0 bridgehead atoms. The van der Waals surface area contributed by atoms with Gasteiger partial charge in [-0.1, -0.05) is 27.7 Å². The van der Waals surface area contributed by atoms with Gasteiger partial charge in [-0.05, 0) is 26.0 Å². The average molecular weight is 583 g/mol. The van der Waals surface area contributed by atoms with Crippen LogP contribution in [0.2, 0.25) is 0 Å². The maximum Gasteiger partial charge on any atom is 0.358 e. The van der Waals surface area contributed by atoms with Crippen molar-refractivity contribution in [2.45, 2.75) is 30.1 Å². The Morgan fingerprint density at radius 3 is 2.49 bits per heavy atom. The van der Waals surface area contributed by atoms with E-state index in [0.717, 1.165) is 34.1 Å². The molecule has 1 amide bonds. The summed E-state index contributed by atoms with van der Waals surface area (Å²) < 4.78 is 61.1. The van der Waals surface area contributed by atoms with Crippen LogP contribution in [0.25, 0.3) is 10.2 Å². The highest BCUT2D eigenvalue weighted by molar-refractivity contribution is 8.77. The maximum atomic E-state index is 12.8. The highest BCUT2D eigenvalue weighted by atomic mass is 33.1. The van der Waals surface area contributed by atoms with E-state index in [-0.39, 0.29) is 18.0 Å². The first kappa shape index (κ1) is 27.7. The normalized spacial score (nSPS) is 18.1. The molecule has 1 saturated heterocycles. The number of hydrogen-bond donors (Lipinski definition) is 0. The lowest BCUT2D eigenvalue weighted by molar-refractivity contribution is -0.146. The number of carbonyl (C=O) groups excluding carboxylic acids is 2. The molecule has 0 N–H and O–H groups in total. The Hall–Kier alpha value is -1.85. The molecular weight excluding hydrogens is 561 g/mol. The number of rotatable bonds is 10. The van der Waals surface area contributed by atoms with Gasteiger partial charge in [-0.25, -0.2) is 9.78 Å². The molecule has 1 aliphatic rings. The molecule has 35 heavy (non-hydrogen) atoms. The van der Waals surface area contributed by atoms with E-state index < -0.39 is 43.5 Å². The fourth-order valence-corrected chi connectivity index (χ4v) is 7.82. The summed E-state index contributed by atoms with van der Waals surface area (Å²) >= 11 is 1.31. The number of methoxy groups -OCH3 is 1. The highest BCUT2D eigenvalue weighted by Gasteiger charge is 2.43. The van der Waals surface area contributed by atoms with Crippen molar-refractivity contribution in [3.05, 3.63) is 34.7 Å². The zero-order chi connectivity index (χ0) is 26.1. The van der Waals surface area contributed by atoms with Crippen molar-refractivity contribution >= 4 is 75.3 Å². The lowest BCUT2D eigenvalue weighted by Gasteiger charge is -2.38. The van der Waals surface area contributed by atoms with Crippen LogP contribution >= 0.6 is 32.9 Å². The third-order valence-corrected chi connectivity index (χ3v) is 9.55. The van der Waals surface area contributed by atoms with E-state index in [1.807, 2.05) is 18.2 Å². The molecule has 0 saturated carbocycles. The molecule has 1 aliphatic heterocycles. The number of fused-ring (bicyclic) bond motifs is 1. The van der Waals surface area contributed by atoms with E-state index in [0.29, 0.717) is 10.5 Å². The Morgan fingerprint density at radius 2 is 1.91 bits per heavy atom. The number of ether oxygens (including phenoxy) is 1. The van der Waals surface area contributed by atoms with Crippen LogP contribution in [0.4, 0.5) is 0 Å². The van der Waals surface area contributed by atoms with Gasteiger partial charge in [-0.2, -0.15) is 16.8 Å². The molecule has 3 rings (SSSR count). The number of esters is 1. The van der Waals surface area contributed by atoms with Crippen LogP contribution in [0.15, 0.2) is 34.6 Å². The molecular formula is C19H22N2O9S5. The van der Waals surface area contributed by atoms with Crippen molar-refractivity contribution < 1.29 is 39.5 Å². The van der Waals surface area contributed by atoms with Gasteiger partial charge in [0.15, 0.2) is 5.70 Å². The van der Waals surface area contributed by atoms with Crippen LogP contribution in [-0.2, 0) is 42.9 Å². The van der Waals surface area contributed by atoms with E-state index >= 15 is 0 Å². The summed E-state index contributed by atoms with van der Waals surface area (Å²) in [5.41, 5.74) is 0.390. The summed E-state index contributed by atoms with van der Waals surface area (Å²) in [5.74, 6) is -1.55. The number of nitrogens with zero attached hydrogens (tertiary/aromatic N) is 2. The minimum atomic E-state index is -3.90. The van der Waals surface area contributed by atoms with E-state index in [1.54, 1.807) is 6.92 Å². The lowest BCUT2D eigenvalue weighted by atomic mass is 10.1. The second-order valence-electron chi connectivity index (χ2n) is 7.40. The predicted octanol–water partition coefficient (Wildman–Crippen LogP) is 2.67. The summed E-state index contributed by atoms with van der Waals surface area (Å²) in [6, 6.07) is 5.51. The number of aromatic nitrogens is 1. The molecule has 0 aliphatic carbocycles. The molecule has 1 aromatic heterocycles. The van der Waals surface area contributed by atoms with Gasteiger partial charge in [-0.3, -0.25) is 8.98 Å². The fourth-order valence-electron chi connectivity index (χ4n) is 3.07. The van der Waals surface area contributed by atoms with Gasteiger partial charge in [0.25, 0.3) is 10.1 Å². The predicted molar refractivity (Wildman–Crippen MR) is 134 cm³/mol. The zero-order valence-corrected chi connectivity index (χ0v) is 23.3. The van der Waals surface area contributed by atoms with Crippen LogP contribution < -0.4 is 0 Å². The number of thiazole rings is 1. The minimum Gasteiger partial charge on any atom is -0.464 e. The van der Waals surface area contributed by atoms with Gasteiger partial charge in [0.2, 0.25) is 5.91 Å². The number of hydrogen-bond acceptors (Lipinski definition) is 13. The van der Waals surface area contributed by atoms with Crippen LogP contribution in [0.1, 0.15) is 25.0 Å². The van der Waals surface area contributed by atoms with Crippen molar-refractivity contribution in [1.82, 2.24) is 9.88 Å². The van der Waals surface area contributed by atoms with Gasteiger partial charge >= 0.3 is 16.1 Å². The Bertz CT molecular complexity index is 1400. The third kappa shape index (κ3) is 6.89.